The average Bonchev–Trinajstić information content (AvgIpc) is 3.37. The first-order chi connectivity index (χ1) is 13.4. The Kier molecular flexibility index (Phi) is 5.13. The lowest BCUT2D eigenvalue weighted by molar-refractivity contribution is -0.136. The van der Waals surface area contributed by atoms with E-state index >= 15 is 0 Å². The Bertz CT molecular complexity index is 971. The van der Waals surface area contributed by atoms with E-state index in [4.69, 9.17) is 0 Å². The monoisotopic (exact) mass is 407 g/mol. The summed E-state index contributed by atoms with van der Waals surface area (Å²) in [5.74, 6) is -0.214. The van der Waals surface area contributed by atoms with Crippen molar-refractivity contribution in [3.05, 3.63) is 30.1 Å². The lowest BCUT2D eigenvalue weighted by atomic mass is 10.1. The summed E-state index contributed by atoms with van der Waals surface area (Å²) >= 11 is 0. The highest BCUT2D eigenvalue weighted by atomic mass is 32.2. The molecule has 10 heteroatoms. The van der Waals surface area contributed by atoms with Crippen molar-refractivity contribution < 1.29 is 17.6 Å². The second-order valence-electron chi connectivity index (χ2n) is 7.45. The minimum Gasteiger partial charge on any atom is -0.334 e. The Hall–Kier alpha value is -2.36. The molecule has 28 heavy (non-hydrogen) atoms. The van der Waals surface area contributed by atoms with Gasteiger partial charge in [0.15, 0.2) is 9.84 Å². The molecule has 2 aliphatic rings. The first-order valence-electron chi connectivity index (χ1n) is 9.47. The fourth-order valence-electron chi connectivity index (χ4n) is 4.14. The maximum absolute atomic E-state index is 13.4. The summed E-state index contributed by atoms with van der Waals surface area (Å²) in [7, 11) is -3.09. The normalized spacial score (nSPS) is 21.8. The van der Waals surface area contributed by atoms with Gasteiger partial charge in [-0.25, -0.2) is 12.8 Å². The van der Waals surface area contributed by atoms with E-state index in [1.807, 2.05) is 0 Å². The van der Waals surface area contributed by atoms with Crippen LogP contribution in [0.4, 0.5) is 4.39 Å². The van der Waals surface area contributed by atoms with E-state index in [9.17, 15) is 17.6 Å². The van der Waals surface area contributed by atoms with E-state index in [2.05, 4.69) is 15.4 Å². The number of hydrogen-bond donors (Lipinski definition) is 0. The molecule has 1 aromatic heterocycles. The zero-order valence-corrected chi connectivity index (χ0v) is 16.2. The molecule has 1 atom stereocenters. The standard InChI is InChI=1S/C18H22FN5O3S/c19-14-5-3-4-13(10-14)18-20-22-23(21-18)11-17(25)24(15-6-1-2-7-15)16-8-9-28(26,27)12-16/h3-5,10,15-16H,1-2,6-9,11-12H2/t16-/m1/s1. The molecule has 1 saturated heterocycles. The number of aromatic nitrogens is 4. The smallest absolute Gasteiger partial charge is 0.246 e. The molecule has 4 rings (SSSR count). The zero-order chi connectivity index (χ0) is 19.7. The molecule has 1 aliphatic carbocycles. The van der Waals surface area contributed by atoms with Gasteiger partial charge in [-0.2, -0.15) is 4.80 Å². The van der Waals surface area contributed by atoms with Crippen LogP contribution in [0.3, 0.4) is 0 Å². The van der Waals surface area contributed by atoms with E-state index < -0.39 is 15.7 Å². The number of halogens is 1. The molecule has 0 unspecified atom stereocenters. The summed E-state index contributed by atoms with van der Waals surface area (Å²) < 4.78 is 37.2. The van der Waals surface area contributed by atoms with Crippen LogP contribution in [0.5, 0.6) is 0 Å². The molecule has 150 valence electrons. The van der Waals surface area contributed by atoms with Crippen molar-refractivity contribution in [2.45, 2.75) is 50.7 Å². The van der Waals surface area contributed by atoms with Crippen LogP contribution in [-0.2, 0) is 21.2 Å². The van der Waals surface area contributed by atoms with Gasteiger partial charge in [0.05, 0.1) is 11.5 Å². The van der Waals surface area contributed by atoms with E-state index in [1.165, 1.54) is 16.9 Å². The van der Waals surface area contributed by atoms with Crippen molar-refractivity contribution in [1.29, 1.82) is 0 Å². The number of benzene rings is 1. The second kappa shape index (κ2) is 7.57. The number of sulfone groups is 1. The van der Waals surface area contributed by atoms with Gasteiger partial charge in [0.1, 0.15) is 12.4 Å². The Morgan fingerprint density at radius 1 is 1.21 bits per heavy atom. The summed E-state index contributed by atoms with van der Waals surface area (Å²) in [6.45, 7) is -0.116. The Morgan fingerprint density at radius 3 is 2.68 bits per heavy atom. The average molecular weight is 407 g/mol. The SMILES string of the molecule is O=C(Cn1nnc(-c2cccc(F)c2)n1)N(C1CCCC1)[C@@H]1CCS(=O)(=O)C1. The maximum Gasteiger partial charge on any atom is 0.246 e. The lowest BCUT2D eigenvalue weighted by Crippen LogP contribution is -2.48. The Labute approximate surface area is 162 Å². The highest BCUT2D eigenvalue weighted by molar-refractivity contribution is 7.91. The quantitative estimate of drug-likeness (QED) is 0.744. The van der Waals surface area contributed by atoms with Crippen LogP contribution >= 0.6 is 0 Å². The van der Waals surface area contributed by atoms with Crippen LogP contribution in [-0.4, -0.2) is 63.0 Å². The van der Waals surface area contributed by atoms with Crippen molar-refractivity contribution in [2.24, 2.45) is 0 Å². The van der Waals surface area contributed by atoms with Gasteiger partial charge in [0.25, 0.3) is 0 Å². The van der Waals surface area contributed by atoms with Gasteiger partial charge in [-0.3, -0.25) is 4.79 Å². The summed E-state index contributed by atoms with van der Waals surface area (Å²) in [5.41, 5.74) is 0.480. The molecule has 2 aromatic rings. The van der Waals surface area contributed by atoms with Crippen molar-refractivity contribution >= 4 is 15.7 Å². The van der Waals surface area contributed by atoms with Gasteiger partial charge in [0, 0.05) is 17.6 Å². The molecule has 1 aromatic carbocycles. The second-order valence-corrected chi connectivity index (χ2v) is 9.68. The highest BCUT2D eigenvalue weighted by Crippen LogP contribution is 2.29. The molecule has 8 nitrogen and oxygen atoms in total. The van der Waals surface area contributed by atoms with E-state index in [0.29, 0.717) is 12.0 Å². The van der Waals surface area contributed by atoms with Gasteiger partial charge in [-0.05, 0) is 36.6 Å². The summed E-state index contributed by atoms with van der Waals surface area (Å²) in [4.78, 5) is 16.0. The molecule has 1 amide bonds. The largest absolute Gasteiger partial charge is 0.334 e. The zero-order valence-electron chi connectivity index (χ0n) is 15.4. The van der Waals surface area contributed by atoms with Crippen LogP contribution in [0.25, 0.3) is 11.4 Å². The highest BCUT2D eigenvalue weighted by Gasteiger charge is 2.39. The molecule has 0 bridgehead atoms. The van der Waals surface area contributed by atoms with Crippen molar-refractivity contribution in [2.75, 3.05) is 11.5 Å². The number of tetrazole rings is 1. The first-order valence-corrected chi connectivity index (χ1v) is 11.3. The summed E-state index contributed by atoms with van der Waals surface area (Å²) in [6.07, 6.45) is 4.34. The van der Waals surface area contributed by atoms with Crippen molar-refractivity contribution in [1.82, 2.24) is 25.1 Å². The predicted octanol–water partition coefficient (Wildman–Crippen LogP) is 1.44. The van der Waals surface area contributed by atoms with Gasteiger partial charge in [0.2, 0.25) is 11.7 Å². The molecule has 2 heterocycles. The molecule has 1 saturated carbocycles. The van der Waals surface area contributed by atoms with Crippen molar-refractivity contribution in [3.8, 4) is 11.4 Å². The van der Waals surface area contributed by atoms with Crippen LogP contribution in [0.2, 0.25) is 0 Å². The maximum atomic E-state index is 13.4. The molecule has 0 spiro atoms. The third-order valence-electron chi connectivity index (χ3n) is 5.42. The van der Waals surface area contributed by atoms with Gasteiger partial charge in [-0.15, -0.1) is 10.2 Å². The third kappa shape index (κ3) is 4.06. The molecule has 1 aliphatic heterocycles. The van der Waals surface area contributed by atoms with Gasteiger partial charge in [-0.1, -0.05) is 25.0 Å². The Morgan fingerprint density at radius 2 is 2.00 bits per heavy atom. The molecule has 0 N–H and O–H groups in total. The van der Waals surface area contributed by atoms with Gasteiger partial charge < -0.3 is 4.90 Å². The molecular weight excluding hydrogens is 385 g/mol. The predicted molar refractivity (Wildman–Crippen MR) is 99.4 cm³/mol. The van der Waals surface area contributed by atoms with E-state index in [-0.39, 0.29) is 41.9 Å². The van der Waals surface area contributed by atoms with E-state index in [0.717, 1.165) is 25.7 Å². The fraction of sp³-hybridized carbons (Fsp3) is 0.556. The van der Waals surface area contributed by atoms with E-state index in [1.54, 1.807) is 17.0 Å². The number of carbonyl (C=O) groups is 1. The third-order valence-corrected chi connectivity index (χ3v) is 7.17. The summed E-state index contributed by atoms with van der Waals surface area (Å²) in [5, 5.41) is 12.0. The van der Waals surface area contributed by atoms with Crippen molar-refractivity contribution in [3.63, 3.8) is 0 Å². The minimum absolute atomic E-state index is 0.0224. The topological polar surface area (TPSA) is 98.1 Å². The van der Waals surface area contributed by atoms with Gasteiger partial charge >= 0.3 is 0 Å². The Balaban J connectivity index is 1.51. The number of rotatable bonds is 5. The van der Waals surface area contributed by atoms with Crippen LogP contribution in [0.1, 0.15) is 32.1 Å². The van der Waals surface area contributed by atoms with Crippen LogP contribution < -0.4 is 0 Å². The molecule has 2 fully saturated rings. The molecule has 0 radical (unpaired) electrons. The number of nitrogens with zero attached hydrogens (tertiary/aromatic N) is 5. The summed E-state index contributed by atoms with van der Waals surface area (Å²) in [6, 6.07) is 5.63. The van der Waals surface area contributed by atoms with Crippen LogP contribution in [0, 0.1) is 5.82 Å². The number of hydrogen-bond acceptors (Lipinski definition) is 6. The minimum atomic E-state index is -3.09. The first kappa shape index (κ1) is 19.0. The molecular formula is C18H22FN5O3S. The van der Waals surface area contributed by atoms with Crippen LogP contribution in [0.15, 0.2) is 24.3 Å². The number of amides is 1. The lowest BCUT2D eigenvalue weighted by Gasteiger charge is -2.33. The number of carbonyl (C=O) groups excluding carboxylic acids is 1. The fourth-order valence-corrected chi connectivity index (χ4v) is 5.85.